The van der Waals surface area contributed by atoms with Crippen molar-refractivity contribution >= 4 is 17.5 Å². The number of carbonyl (C=O) groups excluding carboxylic acids is 1. The maximum absolute atomic E-state index is 10.5. The van der Waals surface area contributed by atoms with Crippen molar-refractivity contribution in [2.45, 2.75) is 13.3 Å². The van der Waals surface area contributed by atoms with Crippen molar-refractivity contribution in [3.05, 3.63) is 28.8 Å². The molecule has 1 rings (SSSR count). The Morgan fingerprint density at radius 3 is 2.93 bits per heavy atom. The van der Waals surface area contributed by atoms with E-state index < -0.39 is 0 Å². The molecule has 0 aromatic heterocycles. The lowest BCUT2D eigenvalue weighted by Crippen LogP contribution is -2.14. The molecule has 0 unspecified atom stereocenters. The fourth-order valence-electron chi connectivity index (χ4n) is 0.983. The second-order valence-corrected chi connectivity index (χ2v) is 3.41. The first-order chi connectivity index (χ1) is 6.59. The average molecular weight is 214 g/mol. The van der Waals surface area contributed by atoms with Gasteiger partial charge in [0.1, 0.15) is 5.75 Å². The lowest BCUT2D eigenvalue weighted by atomic mass is 10.2. The highest BCUT2D eigenvalue weighted by Gasteiger charge is 2.02. The Balaban J connectivity index is 2.57. The van der Waals surface area contributed by atoms with Crippen molar-refractivity contribution in [2.24, 2.45) is 5.73 Å². The lowest BCUT2D eigenvalue weighted by Gasteiger charge is -2.07. The zero-order valence-corrected chi connectivity index (χ0v) is 8.67. The Morgan fingerprint density at radius 2 is 2.29 bits per heavy atom. The summed E-state index contributed by atoms with van der Waals surface area (Å²) in [5.41, 5.74) is 6.03. The summed E-state index contributed by atoms with van der Waals surface area (Å²) >= 11 is 5.87. The first-order valence-corrected chi connectivity index (χ1v) is 4.64. The van der Waals surface area contributed by atoms with Crippen molar-refractivity contribution in [1.82, 2.24) is 0 Å². The molecule has 76 valence electrons. The molecular weight excluding hydrogens is 202 g/mol. The summed E-state index contributed by atoms with van der Waals surface area (Å²) in [4.78, 5) is 10.5. The van der Waals surface area contributed by atoms with Gasteiger partial charge in [-0.1, -0.05) is 17.7 Å². The minimum absolute atomic E-state index is 0.199. The maximum Gasteiger partial charge on any atom is 0.220 e. The number of carbonyl (C=O) groups is 1. The Hall–Kier alpha value is -1.22. The summed E-state index contributed by atoms with van der Waals surface area (Å²) in [6.07, 6.45) is 0.199. The Kier molecular flexibility index (Phi) is 3.77. The molecule has 0 radical (unpaired) electrons. The first-order valence-electron chi connectivity index (χ1n) is 4.27. The Morgan fingerprint density at radius 1 is 1.57 bits per heavy atom. The fraction of sp³-hybridized carbons (Fsp3) is 0.300. The van der Waals surface area contributed by atoms with Gasteiger partial charge >= 0.3 is 0 Å². The van der Waals surface area contributed by atoms with Gasteiger partial charge < -0.3 is 10.5 Å². The number of amides is 1. The summed E-state index contributed by atoms with van der Waals surface area (Å²) in [6.45, 7) is 2.20. The standard InChI is InChI=1S/C10H12ClNO2/c1-7-2-3-8(11)9(6-7)14-5-4-10(12)13/h2-3,6H,4-5H2,1H3,(H2,12,13). The van der Waals surface area contributed by atoms with Gasteiger partial charge in [-0.25, -0.2) is 0 Å². The predicted molar refractivity (Wildman–Crippen MR) is 55.5 cm³/mol. The largest absolute Gasteiger partial charge is 0.491 e. The third-order valence-corrected chi connectivity index (χ3v) is 2.00. The molecule has 0 spiro atoms. The monoisotopic (exact) mass is 213 g/mol. The van der Waals surface area contributed by atoms with Crippen molar-refractivity contribution in [2.75, 3.05) is 6.61 Å². The van der Waals surface area contributed by atoms with Crippen LogP contribution < -0.4 is 10.5 Å². The molecule has 2 N–H and O–H groups in total. The molecule has 0 aliphatic carbocycles. The second-order valence-electron chi connectivity index (χ2n) is 3.00. The minimum Gasteiger partial charge on any atom is -0.491 e. The molecule has 0 aliphatic heterocycles. The summed E-state index contributed by atoms with van der Waals surface area (Å²) in [7, 11) is 0. The Bertz CT molecular complexity index is 339. The van der Waals surface area contributed by atoms with Crippen LogP contribution in [0.25, 0.3) is 0 Å². The van der Waals surface area contributed by atoms with Crippen molar-refractivity contribution in [1.29, 1.82) is 0 Å². The lowest BCUT2D eigenvalue weighted by molar-refractivity contribution is -0.118. The molecule has 4 heteroatoms. The molecule has 0 saturated carbocycles. The van der Waals surface area contributed by atoms with Crippen molar-refractivity contribution < 1.29 is 9.53 Å². The average Bonchev–Trinajstić information content (AvgIpc) is 2.10. The van der Waals surface area contributed by atoms with Crippen LogP contribution in [0.3, 0.4) is 0 Å². The van der Waals surface area contributed by atoms with Crippen LogP contribution in [0.5, 0.6) is 5.75 Å². The summed E-state index contributed by atoms with van der Waals surface area (Å²) < 4.78 is 5.30. The number of nitrogens with two attached hydrogens (primary N) is 1. The zero-order chi connectivity index (χ0) is 10.6. The third-order valence-electron chi connectivity index (χ3n) is 1.69. The smallest absolute Gasteiger partial charge is 0.220 e. The fourth-order valence-corrected chi connectivity index (χ4v) is 1.15. The number of hydrogen-bond donors (Lipinski definition) is 1. The molecule has 0 atom stereocenters. The van der Waals surface area contributed by atoms with E-state index in [0.29, 0.717) is 10.8 Å². The molecule has 0 heterocycles. The van der Waals surface area contributed by atoms with Crippen molar-refractivity contribution in [3.63, 3.8) is 0 Å². The van der Waals surface area contributed by atoms with Crippen LogP contribution in [-0.2, 0) is 4.79 Å². The summed E-state index contributed by atoms with van der Waals surface area (Å²) in [5.74, 6) is 0.210. The van der Waals surface area contributed by atoms with Crippen molar-refractivity contribution in [3.8, 4) is 5.75 Å². The van der Waals surface area contributed by atoms with E-state index in [1.165, 1.54) is 0 Å². The van der Waals surface area contributed by atoms with Gasteiger partial charge in [-0.2, -0.15) is 0 Å². The number of rotatable bonds is 4. The normalized spacial score (nSPS) is 9.86. The topological polar surface area (TPSA) is 52.3 Å². The van der Waals surface area contributed by atoms with Gasteiger partial charge in [0, 0.05) is 0 Å². The third kappa shape index (κ3) is 3.26. The van der Waals surface area contributed by atoms with E-state index in [9.17, 15) is 4.79 Å². The van der Waals surface area contributed by atoms with Crippen LogP contribution in [0.1, 0.15) is 12.0 Å². The van der Waals surface area contributed by atoms with Crippen LogP contribution in [0.4, 0.5) is 0 Å². The number of hydrogen-bond acceptors (Lipinski definition) is 2. The molecule has 0 saturated heterocycles. The highest BCUT2D eigenvalue weighted by molar-refractivity contribution is 6.32. The van der Waals surface area contributed by atoms with Gasteiger partial charge in [0.05, 0.1) is 18.1 Å². The summed E-state index contributed by atoms with van der Waals surface area (Å²) in [5, 5.41) is 0.542. The zero-order valence-electron chi connectivity index (χ0n) is 7.92. The van der Waals surface area contributed by atoms with Gasteiger partial charge in [-0.3, -0.25) is 4.79 Å². The van der Waals surface area contributed by atoms with E-state index in [2.05, 4.69) is 0 Å². The van der Waals surface area contributed by atoms with E-state index >= 15 is 0 Å². The van der Waals surface area contributed by atoms with E-state index in [4.69, 9.17) is 22.1 Å². The number of aryl methyl sites for hydroxylation is 1. The van der Waals surface area contributed by atoms with E-state index in [-0.39, 0.29) is 18.9 Å². The minimum atomic E-state index is -0.381. The Labute approximate surface area is 87.8 Å². The molecule has 1 amide bonds. The number of benzene rings is 1. The molecule has 0 aliphatic rings. The number of primary amides is 1. The molecule has 14 heavy (non-hydrogen) atoms. The predicted octanol–water partition coefficient (Wildman–Crippen LogP) is 1.90. The molecule has 0 bridgehead atoms. The number of ether oxygens (including phenoxy) is 1. The number of halogens is 1. The van der Waals surface area contributed by atoms with Crippen LogP contribution in [-0.4, -0.2) is 12.5 Å². The van der Waals surface area contributed by atoms with Gasteiger partial charge in [0.15, 0.2) is 0 Å². The molecule has 0 fully saturated rings. The SMILES string of the molecule is Cc1ccc(Cl)c(OCCC(N)=O)c1. The first kappa shape index (κ1) is 10.9. The van der Waals surface area contributed by atoms with Gasteiger partial charge in [0.2, 0.25) is 5.91 Å². The van der Waals surface area contributed by atoms with Gasteiger partial charge in [0.25, 0.3) is 0 Å². The second kappa shape index (κ2) is 4.86. The maximum atomic E-state index is 10.5. The highest BCUT2D eigenvalue weighted by Crippen LogP contribution is 2.25. The molecule has 1 aromatic rings. The molecule has 1 aromatic carbocycles. The van der Waals surface area contributed by atoms with Crippen LogP contribution >= 0.6 is 11.6 Å². The molecular formula is C10H12ClNO2. The van der Waals surface area contributed by atoms with E-state index in [1.807, 2.05) is 19.1 Å². The highest BCUT2D eigenvalue weighted by atomic mass is 35.5. The van der Waals surface area contributed by atoms with Gasteiger partial charge in [-0.15, -0.1) is 0 Å². The van der Waals surface area contributed by atoms with E-state index in [1.54, 1.807) is 6.07 Å². The van der Waals surface area contributed by atoms with Crippen LogP contribution in [0.15, 0.2) is 18.2 Å². The van der Waals surface area contributed by atoms with Crippen LogP contribution in [0.2, 0.25) is 5.02 Å². The quantitative estimate of drug-likeness (QED) is 0.831. The van der Waals surface area contributed by atoms with E-state index in [0.717, 1.165) is 5.56 Å². The van der Waals surface area contributed by atoms with Gasteiger partial charge in [-0.05, 0) is 24.6 Å². The molecule has 3 nitrogen and oxygen atoms in total. The summed E-state index contributed by atoms with van der Waals surface area (Å²) in [6, 6.07) is 5.48. The van der Waals surface area contributed by atoms with Crippen LogP contribution in [0, 0.1) is 6.92 Å².